The van der Waals surface area contributed by atoms with E-state index in [4.69, 9.17) is 16.2 Å². The van der Waals surface area contributed by atoms with Gasteiger partial charge in [-0.3, -0.25) is 43.2 Å². The van der Waals surface area contributed by atoms with E-state index in [1.807, 2.05) is 33.8 Å². The summed E-state index contributed by atoms with van der Waals surface area (Å²) in [4.78, 5) is 130. The number of nitrogens with zero attached hydrogens (tertiary/aromatic N) is 1. The average molecular weight is 1050 g/mol. The summed E-state index contributed by atoms with van der Waals surface area (Å²) in [6.45, 7) is 14.8. The van der Waals surface area contributed by atoms with Crippen LogP contribution in [-0.2, 0) is 54.3 Å². The summed E-state index contributed by atoms with van der Waals surface area (Å²) in [5.74, 6) is -7.12. The Hall–Kier alpha value is -5.71. The molecule has 1 aromatic carbocycles. The third-order valence-corrected chi connectivity index (χ3v) is 13.8. The predicted octanol–water partition coefficient (Wildman–Crippen LogP) is -0.466. The average Bonchev–Trinajstić information content (AvgIpc) is 3.86. The second-order valence-electron chi connectivity index (χ2n) is 21.8. The first-order valence-electron chi connectivity index (χ1n) is 27.0. The number of ether oxygens (including phenoxy) is 1. The monoisotopic (exact) mass is 1050 g/mol. The summed E-state index contributed by atoms with van der Waals surface area (Å²) in [6, 6.07) is -0.243. The van der Waals surface area contributed by atoms with Gasteiger partial charge in [0.2, 0.25) is 47.3 Å². The van der Waals surface area contributed by atoms with E-state index >= 15 is 0 Å². The lowest BCUT2D eigenvalue weighted by atomic mass is 9.97. The van der Waals surface area contributed by atoms with Crippen LogP contribution in [0, 0.1) is 23.7 Å². The smallest absolute Gasteiger partial charge is 0.252 e. The van der Waals surface area contributed by atoms with Gasteiger partial charge in [-0.25, -0.2) is 0 Å². The molecule has 420 valence electrons. The molecule has 0 radical (unpaired) electrons. The van der Waals surface area contributed by atoms with Crippen molar-refractivity contribution in [3.63, 3.8) is 0 Å². The Bertz CT molecular complexity index is 2090. The van der Waals surface area contributed by atoms with E-state index in [1.165, 1.54) is 4.90 Å². The molecule has 11 atom stereocenters. The summed E-state index contributed by atoms with van der Waals surface area (Å²) in [5, 5.41) is 33.4. The SMILES string of the molecule is CC(C)C[C@H]1NC(=O)[C@H](CCCN)NC(=O)[C@@H](C(C)C)NC(=O)[C@H]2O[C@H](CC[C@@H]2O)CNC(=O)[C@@H](CC(C)C)NC(=O)[C@@H](CCCN)NC(=O)[C@@H](C(C)C)NC(=O)[C@@H]2CCCN2C(=O)[C@H](Cc2ccccc2)NC1=O. The summed E-state index contributed by atoms with van der Waals surface area (Å²) in [6.07, 6.45) is -1.15. The molecule has 3 saturated heterocycles. The molecule has 0 aromatic heterocycles. The second-order valence-corrected chi connectivity index (χ2v) is 21.8. The highest BCUT2D eigenvalue weighted by Crippen LogP contribution is 2.23. The first kappa shape index (κ1) is 61.8. The van der Waals surface area contributed by atoms with Gasteiger partial charge in [0.1, 0.15) is 48.3 Å². The number of fused-ring (bicyclic) bond motifs is 3. The molecule has 4 rings (SSSR count). The van der Waals surface area contributed by atoms with Crippen molar-refractivity contribution >= 4 is 53.2 Å². The van der Waals surface area contributed by atoms with Gasteiger partial charge in [-0.15, -0.1) is 0 Å². The minimum Gasteiger partial charge on any atom is -0.390 e. The van der Waals surface area contributed by atoms with Crippen LogP contribution in [0.5, 0.6) is 0 Å². The zero-order valence-corrected chi connectivity index (χ0v) is 45.3. The summed E-state index contributed by atoms with van der Waals surface area (Å²) >= 11 is 0. The lowest BCUT2D eigenvalue weighted by Gasteiger charge is -2.35. The van der Waals surface area contributed by atoms with Gasteiger partial charge in [0, 0.05) is 19.5 Å². The Kier molecular flexibility index (Phi) is 24.8. The maximum atomic E-state index is 14.8. The van der Waals surface area contributed by atoms with Crippen molar-refractivity contribution < 1.29 is 53.0 Å². The standard InChI is InChI=1S/C53H87N11O11/c1-29(2)25-37-45(66)56-28-34-20-21-41(65)44(75-34)52(73)63-43(32(7)8)51(72)58-36(18-13-23-55)47(68)60-38(26-30(3)4)48(69)61-39(27-33-15-10-9-11-16-33)53(74)64-24-14-19-40(64)49(70)62-42(31(5)6)50(71)57-35(17-12-22-54)46(67)59-37/h9-11,15-16,29-32,34-44,65H,12-14,17-28,54-55H2,1-8H3,(H,56,66)(H,57,71)(H,58,72)(H,59,67)(H,60,68)(H,61,69)(H,62,70)(H,63,73)/t34-,35-,36+,37-,38-,39+,40+,41+,42-,43-,44+/m1/s1. The van der Waals surface area contributed by atoms with Crippen molar-refractivity contribution in [2.45, 2.75) is 193 Å². The topological polar surface area (TPSA) is 335 Å². The third-order valence-electron chi connectivity index (χ3n) is 13.8. The lowest BCUT2D eigenvalue weighted by Crippen LogP contribution is -2.61. The Morgan fingerprint density at radius 1 is 0.573 bits per heavy atom. The van der Waals surface area contributed by atoms with E-state index in [0.29, 0.717) is 24.8 Å². The molecule has 0 saturated carbocycles. The highest BCUT2D eigenvalue weighted by atomic mass is 16.5. The molecule has 9 amide bonds. The van der Waals surface area contributed by atoms with Crippen LogP contribution < -0.4 is 54.0 Å². The molecule has 3 heterocycles. The molecule has 22 nitrogen and oxygen atoms in total. The molecule has 0 spiro atoms. The van der Waals surface area contributed by atoms with Crippen molar-refractivity contribution in [3.05, 3.63) is 35.9 Å². The Labute approximate surface area is 442 Å². The van der Waals surface area contributed by atoms with Crippen molar-refractivity contribution in [1.82, 2.24) is 47.4 Å². The van der Waals surface area contributed by atoms with Crippen molar-refractivity contribution in [3.8, 4) is 0 Å². The van der Waals surface area contributed by atoms with Gasteiger partial charge in [0.15, 0.2) is 6.10 Å². The van der Waals surface area contributed by atoms with Crippen molar-refractivity contribution in [2.24, 2.45) is 35.1 Å². The maximum Gasteiger partial charge on any atom is 0.252 e. The summed E-state index contributed by atoms with van der Waals surface area (Å²) < 4.78 is 6.06. The third kappa shape index (κ3) is 18.8. The summed E-state index contributed by atoms with van der Waals surface area (Å²) in [7, 11) is 0. The molecule has 3 aliphatic heterocycles. The molecule has 1 aromatic rings. The number of rotatable bonds is 14. The number of aliphatic hydroxyl groups excluding tert-OH is 1. The number of nitrogens with one attached hydrogen (secondary N) is 8. The number of carbonyl (C=O) groups excluding carboxylic acids is 9. The second kappa shape index (κ2) is 30.1. The normalized spacial score (nSPS) is 28.9. The number of carbonyl (C=O) groups is 9. The summed E-state index contributed by atoms with van der Waals surface area (Å²) in [5.41, 5.74) is 12.4. The molecule has 13 N–H and O–H groups in total. The van der Waals surface area contributed by atoms with E-state index in [-0.39, 0.29) is 89.4 Å². The minimum atomic E-state index is -1.44. The zero-order chi connectivity index (χ0) is 55.5. The van der Waals surface area contributed by atoms with Crippen LogP contribution in [0.25, 0.3) is 0 Å². The van der Waals surface area contributed by atoms with Gasteiger partial charge in [-0.2, -0.15) is 0 Å². The first-order chi connectivity index (χ1) is 35.5. The lowest BCUT2D eigenvalue weighted by molar-refractivity contribution is -0.159. The predicted molar refractivity (Wildman–Crippen MR) is 280 cm³/mol. The van der Waals surface area contributed by atoms with Gasteiger partial charge < -0.3 is 68.7 Å². The highest BCUT2D eigenvalue weighted by molar-refractivity contribution is 5.98. The van der Waals surface area contributed by atoms with Gasteiger partial charge in [0.05, 0.1) is 12.2 Å². The first-order valence-corrected chi connectivity index (χ1v) is 27.0. The van der Waals surface area contributed by atoms with Gasteiger partial charge in [-0.1, -0.05) is 85.7 Å². The van der Waals surface area contributed by atoms with Crippen LogP contribution >= 0.6 is 0 Å². The van der Waals surface area contributed by atoms with Crippen molar-refractivity contribution in [1.29, 1.82) is 0 Å². The van der Waals surface area contributed by atoms with Crippen LogP contribution in [0.15, 0.2) is 30.3 Å². The fourth-order valence-electron chi connectivity index (χ4n) is 9.63. The van der Waals surface area contributed by atoms with Gasteiger partial charge >= 0.3 is 0 Å². The Morgan fingerprint density at radius 3 is 1.56 bits per heavy atom. The van der Waals surface area contributed by atoms with E-state index < -0.39 is 132 Å². The van der Waals surface area contributed by atoms with E-state index in [1.54, 1.807) is 52.0 Å². The number of aliphatic hydroxyl groups is 1. The van der Waals surface area contributed by atoms with Crippen LogP contribution in [0.2, 0.25) is 0 Å². The molecule has 3 fully saturated rings. The minimum absolute atomic E-state index is 0.0304. The van der Waals surface area contributed by atoms with Gasteiger partial charge in [0.25, 0.3) is 5.91 Å². The molecule has 22 heteroatoms. The number of nitrogens with two attached hydrogens (primary N) is 2. The van der Waals surface area contributed by atoms with Crippen LogP contribution in [0.3, 0.4) is 0 Å². The van der Waals surface area contributed by atoms with Crippen LogP contribution in [0.1, 0.15) is 125 Å². The number of amides is 9. The number of hydrogen-bond donors (Lipinski definition) is 11. The highest BCUT2D eigenvalue weighted by Gasteiger charge is 2.42. The molecule has 75 heavy (non-hydrogen) atoms. The van der Waals surface area contributed by atoms with E-state index in [0.717, 1.165) is 0 Å². The van der Waals surface area contributed by atoms with E-state index in [2.05, 4.69) is 42.5 Å². The molecule has 2 bridgehead atoms. The van der Waals surface area contributed by atoms with Crippen molar-refractivity contribution in [2.75, 3.05) is 26.2 Å². The quantitative estimate of drug-likeness (QED) is 0.113. The molecule has 0 aliphatic carbocycles. The Morgan fingerprint density at radius 2 is 1.05 bits per heavy atom. The number of benzene rings is 1. The molecular formula is C53H87N11O11. The number of hydrogen-bond acceptors (Lipinski definition) is 13. The molecular weight excluding hydrogens is 967 g/mol. The fourth-order valence-corrected chi connectivity index (χ4v) is 9.63. The molecule has 3 aliphatic rings. The van der Waals surface area contributed by atoms with E-state index in [9.17, 15) is 48.3 Å². The molecule has 0 unspecified atom stereocenters. The fraction of sp³-hybridized carbons (Fsp3) is 0.717. The van der Waals surface area contributed by atoms with Crippen LogP contribution in [0.4, 0.5) is 0 Å². The maximum absolute atomic E-state index is 14.8. The Balaban J connectivity index is 1.77. The largest absolute Gasteiger partial charge is 0.390 e. The van der Waals surface area contributed by atoms with Gasteiger partial charge in [-0.05, 0) is 107 Å². The zero-order valence-electron chi connectivity index (χ0n) is 45.3. The van der Waals surface area contributed by atoms with Crippen LogP contribution in [-0.4, -0.2) is 156 Å².